The van der Waals surface area contributed by atoms with Crippen molar-refractivity contribution in [2.45, 2.75) is 26.2 Å². The van der Waals surface area contributed by atoms with Gasteiger partial charge in [0.1, 0.15) is 0 Å². The molecule has 0 fully saturated rings. The van der Waals surface area contributed by atoms with Crippen molar-refractivity contribution in [3.05, 3.63) is 48.0 Å². The zero-order chi connectivity index (χ0) is 15.1. The van der Waals surface area contributed by atoms with E-state index in [1.165, 1.54) is 0 Å². The molecule has 21 heavy (non-hydrogen) atoms. The lowest BCUT2D eigenvalue weighted by atomic mass is 9.92. The van der Waals surface area contributed by atoms with E-state index < -0.39 is 0 Å². The van der Waals surface area contributed by atoms with Crippen LogP contribution in [-0.4, -0.2) is 12.6 Å². The summed E-state index contributed by atoms with van der Waals surface area (Å²) in [6.45, 7) is 2.18. The van der Waals surface area contributed by atoms with Gasteiger partial charge in [-0.15, -0.1) is 0 Å². The molecule has 0 spiro atoms. The predicted molar refractivity (Wildman–Crippen MR) is 82.6 cm³/mol. The Balaban J connectivity index is 2.25. The Hall–Kier alpha value is -2.34. The van der Waals surface area contributed by atoms with Crippen molar-refractivity contribution in [1.29, 1.82) is 5.26 Å². The number of carbonyl (C=O) groups excluding carboxylic acids is 1. The van der Waals surface area contributed by atoms with Gasteiger partial charge in [-0.2, -0.15) is 5.26 Å². The minimum atomic E-state index is -0.254. The summed E-state index contributed by atoms with van der Waals surface area (Å²) in [5, 5.41) is 11.1. The van der Waals surface area contributed by atoms with Gasteiger partial charge in [-0.05, 0) is 36.1 Å². The lowest BCUT2D eigenvalue weighted by molar-refractivity contribution is -0.148. The second-order valence-electron chi connectivity index (χ2n) is 4.99. The normalized spacial score (nSPS) is 11.8. The highest BCUT2D eigenvalue weighted by Gasteiger charge is 2.20. The summed E-state index contributed by atoms with van der Waals surface area (Å²) in [7, 11) is 0. The Labute approximate surface area is 125 Å². The summed E-state index contributed by atoms with van der Waals surface area (Å²) in [6.07, 6.45) is 1.52. The largest absolute Gasteiger partial charge is 0.466 e. The van der Waals surface area contributed by atoms with Gasteiger partial charge in [0.05, 0.1) is 18.6 Å². The molecule has 0 amide bonds. The Bertz CT molecular complexity index is 652. The molecule has 0 radical (unpaired) electrons. The van der Waals surface area contributed by atoms with E-state index in [1.54, 1.807) is 6.92 Å². The van der Waals surface area contributed by atoms with Crippen molar-refractivity contribution >= 4 is 16.7 Å². The summed E-state index contributed by atoms with van der Waals surface area (Å²) in [4.78, 5) is 12.1. The molecule has 2 aromatic carbocycles. The highest BCUT2D eigenvalue weighted by molar-refractivity contribution is 5.86. The highest BCUT2D eigenvalue weighted by atomic mass is 16.5. The number of hydrogen-bond acceptors (Lipinski definition) is 3. The molecular weight excluding hydrogens is 262 g/mol. The minimum Gasteiger partial charge on any atom is -0.466 e. The molecule has 0 aliphatic heterocycles. The fourth-order valence-corrected chi connectivity index (χ4v) is 2.54. The molecule has 0 bridgehead atoms. The standard InChI is InChI=1S/C18H19NO2/c1-2-21-18(20)16(10-6-12-19)13-15-9-5-8-14-7-3-4-11-17(14)15/h3-5,7-9,11,16H,2,6,10,13H2,1H3. The number of esters is 1. The smallest absolute Gasteiger partial charge is 0.309 e. The molecule has 0 aromatic heterocycles. The van der Waals surface area contributed by atoms with Crippen LogP contribution in [0, 0.1) is 17.2 Å². The predicted octanol–water partition coefficient (Wildman–Crippen LogP) is 3.87. The zero-order valence-electron chi connectivity index (χ0n) is 12.2. The van der Waals surface area contributed by atoms with Crippen LogP contribution in [0.15, 0.2) is 42.5 Å². The minimum absolute atomic E-state index is 0.208. The number of carbonyl (C=O) groups is 1. The fourth-order valence-electron chi connectivity index (χ4n) is 2.54. The molecule has 108 valence electrons. The molecule has 0 saturated carbocycles. The second-order valence-corrected chi connectivity index (χ2v) is 4.99. The number of ether oxygens (including phenoxy) is 1. The van der Waals surface area contributed by atoms with E-state index in [9.17, 15) is 4.79 Å². The maximum atomic E-state index is 12.1. The highest BCUT2D eigenvalue weighted by Crippen LogP contribution is 2.23. The van der Waals surface area contributed by atoms with Gasteiger partial charge in [-0.25, -0.2) is 0 Å². The molecule has 0 saturated heterocycles. The Morgan fingerprint density at radius 1 is 1.24 bits per heavy atom. The summed E-state index contributed by atoms with van der Waals surface area (Å²) in [6, 6.07) is 16.4. The topological polar surface area (TPSA) is 50.1 Å². The van der Waals surface area contributed by atoms with Crippen LogP contribution in [0.4, 0.5) is 0 Å². The third-order valence-electron chi connectivity index (χ3n) is 3.57. The van der Waals surface area contributed by atoms with Crippen molar-refractivity contribution in [3.63, 3.8) is 0 Å². The molecule has 1 atom stereocenters. The molecule has 3 heteroatoms. The Kier molecular flexibility index (Phi) is 5.34. The average molecular weight is 281 g/mol. The van der Waals surface area contributed by atoms with E-state index in [-0.39, 0.29) is 11.9 Å². The van der Waals surface area contributed by atoms with Gasteiger partial charge < -0.3 is 4.74 Å². The van der Waals surface area contributed by atoms with Crippen molar-refractivity contribution in [2.75, 3.05) is 6.61 Å². The number of rotatable bonds is 6. The third-order valence-corrected chi connectivity index (χ3v) is 3.57. The molecule has 0 N–H and O–H groups in total. The van der Waals surface area contributed by atoms with Gasteiger partial charge in [0.15, 0.2) is 0 Å². The molecule has 0 heterocycles. The maximum Gasteiger partial charge on any atom is 0.309 e. The van der Waals surface area contributed by atoms with E-state index in [0.29, 0.717) is 25.9 Å². The van der Waals surface area contributed by atoms with Crippen LogP contribution in [0.2, 0.25) is 0 Å². The molecular formula is C18H19NO2. The SMILES string of the molecule is CCOC(=O)C(CCC#N)Cc1cccc2ccccc12. The first-order valence-corrected chi connectivity index (χ1v) is 7.26. The molecule has 2 rings (SSSR count). The zero-order valence-corrected chi connectivity index (χ0v) is 12.2. The van der Waals surface area contributed by atoms with Crippen molar-refractivity contribution in [3.8, 4) is 6.07 Å². The van der Waals surface area contributed by atoms with Crippen molar-refractivity contribution < 1.29 is 9.53 Å². The number of fused-ring (bicyclic) bond motifs is 1. The van der Waals surface area contributed by atoms with E-state index in [0.717, 1.165) is 16.3 Å². The second kappa shape index (κ2) is 7.44. The van der Waals surface area contributed by atoms with Gasteiger partial charge in [-0.3, -0.25) is 4.79 Å². The van der Waals surface area contributed by atoms with Gasteiger partial charge in [0, 0.05) is 6.42 Å². The maximum absolute atomic E-state index is 12.1. The van der Waals surface area contributed by atoms with Crippen LogP contribution < -0.4 is 0 Å². The molecule has 3 nitrogen and oxygen atoms in total. The summed E-state index contributed by atoms with van der Waals surface area (Å²) in [5.74, 6) is -0.462. The first-order valence-electron chi connectivity index (χ1n) is 7.26. The Morgan fingerprint density at radius 2 is 2.00 bits per heavy atom. The number of benzene rings is 2. The quantitative estimate of drug-likeness (QED) is 0.755. The van der Waals surface area contributed by atoms with E-state index in [2.05, 4.69) is 24.3 Å². The van der Waals surface area contributed by atoms with Crippen molar-refractivity contribution in [1.82, 2.24) is 0 Å². The molecule has 2 aromatic rings. The van der Waals surface area contributed by atoms with Crippen LogP contribution in [0.5, 0.6) is 0 Å². The third kappa shape index (κ3) is 3.82. The first kappa shape index (κ1) is 15.1. The van der Waals surface area contributed by atoms with Gasteiger partial charge in [-0.1, -0.05) is 42.5 Å². The van der Waals surface area contributed by atoms with Crippen LogP contribution in [-0.2, 0) is 16.0 Å². The van der Waals surface area contributed by atoms with Crippen LogP contribution in [0.3, 0.4) is 0 Å². The van der Waals surface area contributed by atoms with E-state index in [4.69, 9.17) is 10.00 Å². The number of nitriles is 1. The van der Waals surface area contributed by atoms with Crippen LogP contribution in [0.1, 0.15) is 25.3 Å². The Morgan fingerprint density at radius 3 is 2.76 bits per heavy atom. The molecule has 1 unspecified atom stereocenters. The average Bonchev–Trinajstić information content (AvgIpc) is 2.51. The lowest BCUT2D eigenvalue weighted by Crippen LogP contribution is -2.20. The number of hydrogen-bond donors (Lipinski definition) is 0. The van der Waals surface area contributed by atoms with E-state index >= 15 is 0 Å². The summed E-state index contributed by atoms with van der Waals surface area (Å²) in [5.41, 5.74) is 1.13. The monoisotopic (exact) mass is 281 g/mol. The van der Waals surface area contributed by atoms with Crippen LogP contribution >= 0.6 is 0 Å². The summed E-state index contributed by atoms with van der Waals surface area (Å²) < 4.78 is 5.14. The van der Waals surface area contributed by atoms with Gasteiger partial charge in [0.2, 0.25) is 0 Å². The lowest BCUT2D eigenvalue weighted by Gasteiger charge is -2.15. The first-order chi connectivity index (χ1) is 10.3. The van der Waals surface area contributed by atoms with Crippen LogP contribution in [0.25, 0.3) is 10.8 Å². The molecule has 0 aliphatic rings. The summed E-state index contributed by atoms with van der Waals surface area (Å²) >= 11 is 0. The van der Waals surface area contributed by atoms with Crippen molar-refractivity contribution in [2.24, 2.45) is 5.92 Å². The van der Waals surface area contributed by atoms with Gasteiger partial charge >= 0.3 is 5.97 Å². The fraction of sp³-hybridized carbons (Fsp3) is 0.333. The molecule has 0 aliphatic carbocycles. The number of nitrogens with zero attached hydrogens (tertiary/aromatic N) is 1. The van der Waals surface area contributed by atoms with Gasteiger partial charge in [0.25, 0.3) is 0 Å². The van der Waals surface area contributed by atoms with E-state index in [1.807, 2.05) is 24.3 Å².